The Labute approximate surface area is 92.9 Å². The number of thioether (sulfide) groups is 1. The number of phenolic OH excluding ortho intramolecular Hbond substituents is 1. The average Bonchev–Trinajstić information content (AvgIpc) is 2.21. The van der Waals surface area contributed by atoms with Crippen molar-refractivity contribution < 1.29 is 5.11 Å². The highest BCUT2D eigenvalue weighted by molar-refractivity contribution is 8.13. The van der Waals surface area contributed by atoms with Gasteiger partial charge in [0.15, 0.2) is 5.17 Å². The number of nitrogens with zero attached hydrogens (tertiary/aromatic N) is 2. The van der Waals surface area contributed by atoms with E-state index in [9.17, 15) is 5.11 Å². The lowest BCUT2D eigenvalue weighted by molar-refractivity contribution is 0.474. The van der Waals surface area contributed by atoms with E-state index < -0.39 is 0 Å². The molecule has 0 unspecified atom stereocenters. The molecule has 0 aliphatic rings. The molecule has 0 bridgehead atoms. The van der Waals surface area contributed by atoms with E-state index in [1.165, 1.54) is 18.0 Å². The Bertz CT molecular complexity index is 377. The number of amidine groups is 1. The van der Waals surface area contributed by atoms with E-state index in [0.717, 1.165) is 5.75 Å². The molecule has 1 aromatic rings. The summed E-state index contributed by atoms with van der Waals surface area (Å²) in [6.07, 6.45) is 1.47. The Morgan fingerprint density at radius 1 is 1.53 bits per heavy atom. The summed E-state index contributed by atoms with van der Waals surface area (Å²) in [4.78, 5) is 0. The number of para-hydroxylation sites is 1. The Morgan fingerprint density at radius 2 is 2.27 bits per heavy atom. The maximum absolute atomic E-state index is 9.40. The lowest BCUT2D eigenvalue weighted by Gasteiger charge is -1.95. The molecule has 0 aliphatic carbocycles. The van der Waals surface area contributed by atoms with Crippen LogP contribution in [0.4, 0.5) is 0 Å². The van der Waals surface area contributed by atoms with Crippen LogP contribution in [0.15, 0.2) is 34.5 Å². The number of benzene rings is 1. The van der Waals surface area contributed by atoms with Gasteiger partial charge in [0.1, 0.15) is 5.75 Å². The van der Waals surface area contributed by atoms with Crippen LogP contribution in [0.2, 0.25) is 0 Å². The summed E-state index contributed by atoms with van der Waals surface area (Å²) in [7, 11) is 0. The summed E-state index contributed by atoms with van der Waals surface area (Å²) in [5, 5.41) is 17.4. The summed E-state index contributed by atoms with van der Waals surface area (Å²) >= 11 is 1.42. The van der Waals surface area contributed by atoms with Crippen LogP contribution in [-0.4, -0.2) is 22.2 Å². The summed E-state index contributed by atoms with van der Waals surface area (Å²) < 4.78 is 0. The molecule has 0 aliphatic heterocycles. The molecule has 80 valence electrons. The fourth-order valence-electron chi connectivity index (χ4n) is 0.921. The van der Waals surface area contributed by atoms with E-state index in [0.29, 0.717) is 10.7 Å². The molecule has 15 heavy (non-hydrogen) atoms. The predicted octanol–water partition coefficient (Wildman–Crippen LogP) is 1.79. The van der Waals surface area contributed by atoms with Crippen molar-refractivity contribution in [2.45, 2.75) is 6.92 Å². The van der Waals surface area contributed by atoms with Crippen LogP contribution >= 0.6 is 11.8 Å². The molecule has 0 heterocycles. The fourth-order valence-corrected chi connectivity index (χ4v) is 1.32. The zero-order valence-electron chi connectivity index (χ0n) is 8.42. The van der Waals surface area contributed by atoms with Crippen molar-refractivity contribution in [3.63, 3.8) is 0 Å². The monoisotopic (exact) mass is 223 g/mol. The lowest BCUT2D eigenvalue weighted by Crippen LogP contribution is -2.05. The van der Waals surface area contributed by atoms with Crippen LogP contribution in [0.25, 0.3) is 0 Å². The van der Waals surface area contributed by atoms with Gasteiger partial charge >= 0.3 is 0 Å². The van der Waals surface area contributed by atoms with E-state index in [-0.39, 0.29) is 5.75 Å². The standard InChI is InChI=1S/C10H13N3OS/c1-2-15-10(11)13-12-7-8-5-3-4-6-9(8)14/h3-7,14H,2H2,1H3,(H2,11,13). The van der Waals surface area contributed by atoms with Crippen molar-refractivity contribution in [2.24, 2.45) is 15.9 Å². The van der Waals surface area contributed by atoms with Crippen LogP contribution in [-0.2, 0) is 0 Å². The molecular weight excluding hydrogens is 210 g/mol. The van der Waals surface area contributed by atoms with Crippen LogP contribution in [0.5, 0.6) is 5.75 Å². The quantitative estimate of drug-likeness (QED) is 0.466. The molecule has 0 amide bonds. The van der Waals surface area contributed by atoms with Crippen molar-refractivity contribution in [3.8, 4) is 5.75 Å². The first-order chi connectivity index (χ1) is 7.24. The number of hydrogen-bond acceptors (Lipinski definition) is 4. The maximum Gasteiger partial charge on any atom is 0.180 e. The van der Waals surface area contributed by atoms with Gasteiger partial charge in [-0.15, -0.1) is 5.10 Å². The number of nitrogens with two attached hydrogens (primary N) is 1. The Balaban J connectivity index is 2.66. The minimum absolute atomic E-state index is 0.179. The molecule has 0 radical (unpaired) electrons. The summed E-state index contributed by atoms with van der Waals surface area (Å²) in [5.74, 6) is 1.04. The number of phenols is 1. The van der Waals surface area contributed by atoms with Gasteiger partial charge in [-0.2, -0.15) is 5.10 Å². The SMILES string of the molecule is CCS/C(N)=N/N=Cc1ccccc1O. The molecule has 3 N–H and O–H groups in total. The smallest absolute Gasteiger partial charge is 0.180 e. The van der Waals surface area contributed by atoms with Crippen molar-refractivity contribution in [1.29, 1.82) is 0 Å². The highest BCUT2D eigenvalue weighted by atomic mass is 32.2. The van der Waals surface area contributed by atoms with E-state index in [1.54, 1.807) is 18.2 Å². The minimum atomic E-state index is 0.179. The number of rotatable bonds is 3. The van der Waals surface area contributed by atoms with E-state index in [1.807, 2.05) is 13.0 Å². The average molecular weight is 223 g/mol. The highest BCUT2D eigenvalue weighted by Gasteiger charge is 1.94. The van der Waals surface area contributed by atoms with E-state index in [2.05, 4.69) is 10.2 Å². The van der Waals surface area contributed by atoms with Gasteiger partial charge in [-0.25, -0.2) is 0 Å². The molecule has 0 saturated carbocycles. The van der Waals surface area contributed by atoms with E-state index >= 15 is 0 Å². The maximum atomic E-state index is 9.40. The largest absolute Gasteiger partial charge is 0.507 e. The van der Waals surface area contributed by atoms with Gasteiger partial charge < -0.3 is 10.8 Å². The normalized spacial score (nSPS) is 12.2. The van der Waals surface area contributed by atoms with Gasteiger partial charge in [-0.1, -0.05) is 30.8 Å². The summed E-state index contributed by atoms with van der Waals surface area (Å²) in [6.45, 7) is 1.99. The van der Waals surface area contributed by atoms with Crippen LogP contribution in [0, 0.1) is 0 Å². The Hall–Kier alpha value is -1.49. The molecule has 4 nitrogen and oxygen atoms in total. The summed E-state index contributed by atoms with van der Waals surface area (Å²) in [6, 6.07) is 6.90. The van der Waals surface area contributed by atoms with Gasteiger partial charge in [0, 0.05) is 5.56 Å². The molecule has 0 saturated heterocycles. The van der Waals surface area contributed by atoms with Gasteiger partial charge in [0.25, 0.3) is 0 Å². The van der Waals surface area contributed by atoms with Crippen molar-refractivity contribution >= 4 is 23.1 Å². The third-order valence-corrected chi connectivity index (χ3v) is 2.25. The van der Waals surface area contributed by atoms with E-state index in [4.69, 9.17) is 5.73 Å². The van der Waals surface area contributed by atoms with Crippen LogP contribution in [0.3, 0.4) is 0 Å². The molecule has 0 fully saturated rings. The van der Waals surface area contributed by atoms with Gasteiger partial charge in [0.2, 0.25) is 0 Å². The number of hydrogen-bond donors (Lipinski definition) is 2. The van der Waals surface area contributed by atoms with Gasteiger partial charge in [-0.3, -0.25) is 0 Å². The molecule has 0 atom stereocenters. The first-order valence-corrected chi connectivity index (χ1v) is 5.50. The minimum Gasteiger partial charge on any atom is -0.507 e. The van der Waals surface area contributed by atoms with Crippen molar-refractivity contribution in [3.05, 3.63) is 29.8 Å². The first kappa shape index (κ1) is 11.6. The molecule has 0 aromatic heterocycles. The second-order valence-corrected chi connectivity index (χ2v) is 3.96. The molecule has 1 aromatic carbocycles. The first-order valence-electron chi connectivity index (χ1n) is 4.51. The second kappa shape index (κ2) is 6.08. The molecule has 0 spiro atoms. The van der Waals surface area contributed by atoms with Crippen LogP contribution in [0.1, 0.15) is 12.5 Å². The Kier molecular flexibility index (Phi) is 4.70. The molecule has 5 heteroatoms. The topological polar surface area (TPSA) is 71.0 Å². The van der Waals surface area contributed by atoms with Crippen molar-refractivity contribution in [2.75, 3.05) is 5.75 Å². The zero-order valence-corrected chi connectivity index (χ0v) is 9.24. The fraction of sp³-hybridized carbons (Fsp3) is 0.200. The second-order valence-electron chi connectivity index (χ2n) is 2.67. The van der Waals surface area contributed by atoms with Crippen LogP contribution < -0.4 is 5.73 Å². The van der Waals surface area contributed by atoms with Gasteiger partial charge in [0.05, 0.1) is 6.21 Å². The van der Waals surface area contributed by atoms with Gasteiger partial charge in [-0.05, 0) is 17.9 Å². The summed E-state index contributed by atoms with van der Waals surface area (Å²) in [5.41, 5.74) is 6.14. The third kappa shape index (κ3) is 4.03. The highest BCUT2D eigenvalue weighted by Crippen LogP contribution is 2.12. The zero-order chi connectivity index (χ0) is 11.1. The number of aromatic hydroxyl groups is 1. The predicted molar refractivity (Wildman–Crippen MR) is 65.5 cm³/mol. The Morgan fingerprint density at radius 3 is 2.93 bits per heavy atom. The molecular formula is C10H13N3OS. The molecule has 1 rings (SSSR count). The van der Waals surface area contributed by atoms with Crippen molar-refractivity contribution in [1.82, 2.24) is 0 Å². The third-order valence-electron chi connectivity index (χ3n) is 1.58. The lowest BCUT2D eigenvalue weighted by atomic mass is 10.2.